The molecule has 0 bridgehead atoms. The van der Waals surface area contributed by atoms with Crippen LogP contribution >= 0.6 is 11.3 Å². The Labute approximate surface area is 200 Å². The first-order valence-electron chi connectivity index (χ1n) is 10.5. The number of hydrogen-bond acceptors (Lipinski definition) is 10. The van der Waals surface area contributed by atoms with Crippen LogP contribution in [0.15, 0.2) is 41.7 Å². The van der Waals surface area contributed by atoms with E-state index in [0.717, 1.165) is 22.3 Å². The van der Waals surface area contributed by atoms with Crippen molar-refractivity contribution in [1.82, 2.24) is 15.0 Å². The summed E-state index contributed by atoms with van der Waals surface area (Å²) in [5.74, 6) is -0.898. The van der Waals surface area contributed by atoms with Crippen molar-refractivity contribution in [3.8, 4) is 10.4 Å². The Kier molecular flexibility index (Phi) is 6.19. The van der Waals surface area contributed by atoms with Gasteiger partial charge in [-0.25, -0.2) is 23.4 Å². The molecule has 0 atom stereocenters. The fourth-order valence-corrected chi connectivity index (χ4v) is 5.50. The van der Waals surface area contributed by atoms with Crippen LogP contribution in [0.5, 0.6) is 0 Å². The van der Waals surface area contributed by atoms with Gasteiger partial charge in [-0.05, 0) is 61.9 Å². The summed E-state index contributed by atoms with van der Waals surface area (Å²) in [6.45, 7) is 1.92. The quantitative estimate of drug-likeness (QED) is 0.367. The van der Waals surface area contributed by atoms with Crippen LogP contribution in [0.25, 0.3) is 10.4 Å². The fourth-order valence-electron chi connectivity index (χ4n) is 3.90. The third-order valence-corrected chi connectivity index (χ3v) is 8.15. The Balaban J connectivity index is 1.57. The maximum Gasteiger partial charge on any atom is 0.323 e. The number of aliphatic carboxylic acids is 1. The van der Waals surface area contributed by atoms with Gasteiger partial charge < -0.3 is 21.3 Å². The van der Waals surface area contributed by atoms with Crippen molar-refractivity contribution < 1.29 is 23.4 Å². The second-order valence-corrected chi connectivity index (χ2v) is 11.7. The normalized spacial score (nSPS) is 22.9. The molecule has 0 amide bonds. The summed E-state index contributed by atoms with van der Waals surface area (Å²) in [5.41, 5.74) is 5.88. The Morgan fingerprint density at radius 2 is 1.88 bits per heavy atom. The predicted octanol–water partition coefficient (Wildman–Crippen LogP) is 2.60. The lowest BCUT2D eigenvalue weighted by atomic mass is 9.75. The molecule has 0 saturated heterocycles. The summed E-state index contributed by atoms with van der Waals surface area (Å²) in [4.78, 5) is 24.8. The first-order valence-corrected chi connectivity index (χ1v) is 13.2. The molecule has 180 valence electrons. The maximum absolute atomic E-state index is 11.8. The summed E-state index contributed by atoms with van der Waals surface area (Å²) < 4.78 is 23.6. The molecule has 1 aliphatic rings. The van der Waals surface area contributed by atoms with E-state index in [0.29, 0.717) is 10.7 Å². The molecule has 2 aromatic heterocycles. The maximum atomic E-state index is 11.8. The van der Waals surface area contributed by atoms with E-state index >= 15 is 0 Å². The Bertz CT molecular complexity index is 1350. The number of sulfone groups is 1. The molecule has 3 aromatic rings. The highest BCUT2D eigenvalue weighted by molar-refractivity contribution is 7.90. The molecule has 1 aromatic carbocycles. The smallest absolute Gasteiger partial charge is 0.323 e. The van der Waals surface area contributed by atoms with Gasteiger partial charge in [-0.15, -0.1) is 11.3 Å². The molecule has 0 aliphatic heterocycles. The van der Waals surface area contributed by atoms with E-state index in [-0.39, 0.29) is 36.7 Å². The van der Waals surface area contributed by atoms with Crippen LogP contribution in [0.2, 0.25) is 0 Å². The van der Waals surface area contributed by atoms with E-state index < -0.39 is 26.9 Å². The van der Waals surface area contributed by atoms with Crippen LogP contribution in [0, 0.1) is 6.92 Å². The number of anilines is 2. The van der Waals surface area contributed by atoms with E-state index in [1.54, 1.807) is 6.20 Å². The molecular formula is C22H25N5O5S2. The summed E-state index contributed by atoms with van der Waals surface area (Å²) >= 11 is 1.34. The molecule has 34 heavy (non-hydrogen) atoms. The van der Waals surface area contributed by atoms with Gasteiger partial charge in [-0.3, -0.25) is 4.79 Å². The van der Waals surface area contributed by atoms with Crippen molar-refractivity contribution in [2.45, 2.75) is 48.8 Å². The minimum Gasteiger partial charge on any atom is -0.480 e. The van der Waals surface area contributed by atoms with Crippen molar-refractivity contribution in [2.24, 2.45) is 5.73 Å². The van der Waals surface area contributed by atoms with Crippen LogP contribution in [-0.4, -0.2) is 51.3 Å². The van der Waals surface area contributed by atoms with Crippen LogP contribution in [0.3, 0.4) is 0 Å². The Morgan fingerprint density at radius 1 is 1.18 bits per heavy atom. The number of carboxylic acids is 1. The number of aromatic nitrogens is 3. The molecule has 10 nitrogen and oxygen atoms in total. The lowest BCUT2D eigenvalue weighted by molar-refractivity contribution is -0.147. The summed E-state index contributed by atoms with van der Waals surface area (Å²) in [6.07, 6.45) is 4.91. The average Bonchev–Trinajstić information content (AvgIpc) is 3.26. The van der Waals surface area contributed by atoms with Gasteiger partial charge in [0.25, 0.3) is 0 Å². The van der Waals surface area contributed by atoms with Gasteiger partial charge in [0, 0.05) is 24.3 Å². The number of carbonyl (C=O) groups is 1. The minimum atomic E-state index is -3.46. The van der Waals surface area contributed by atoms with Crippen molar-refractivity contribution in [1.29, 1.82) is 0 Å². The molecule has 1 aliphatic carbocycles. The minimum absolute atomic E-state index is 0.0740. The standard InChI is InChI=1S/C22H25N5O5S2/c1-13-9-14(11-15(10-13)26-20-24-8-3-17(27-20)34(2,31)32)16-12-25-18(33-16)22(30)6-4-21(23,5-7-22)19(28)29/h3,8-12,30H,4-7,23H2,1-2H3,(H,28,29)(H,24,26,27). The zero-order valence-electron chi connectivity index (χ0n) is 18.6. The number of nitrogens with two attached hydrogens (primary N) is 1. The lowest BCUT2D eigenvalue weighted by Crippen LogP contribution is -2.53. The van der Waals surface area contributed by atoms with E-state index in [2.05, 4.69) is 20.3 Å². The van der Waals surface area contributed by atoms with Crippen molar-refractivity contribution in [2.75, 3.05) is 11.6 Å². The van der Waals surface area contributed by atoms with Gasteiger partial charge >= 0.3 is 5.97 Å². The third kappa shape index (κ3) is 4.94. The van der Waals surface area contributed by atoms with Crippen molar-refractivity contribution in [3.05, 3.63) is 47.2 Å². The fraction of sp³-hybridized carbons (Fsp3) is 0.364. The number of hydrogen-bond donors (Lipinski definition) is 4. The van der Waals surface area contributed by atoms with Gasteiger partial charge in [0.2, 0.25) is 5.95 Å². The largest absolute Gasteiger partial charge is 0.480 e. The highest BCUT2D eigenvalue weighted by atomic mass is 32.2. The zero-order valence-corrected chi connectivity index (χ0v) is 20.3. The Morgan fingerprint density at radius 3 is 2.53 bits per heavy atom. The van der Waals surface area contributed by atoms with Crippen LogP contribution in [0.4, 0.5) is 11.6 Å². The van der Waals surface area contributed by atoms with E-state index in [1.165, 1.54) is 23.6 Å². The molecule has 2 heterocycles. The van der Waals surface area contributed by atoms with E-state index in [4.69, 9.17) is 5.73 Å². The first-order chi connectivity index (χ1) is 15.9. The van der Waals surface area contributed by atoms with Gasteiger partial charge in [0.1, 0.15) is 16.1 Å². The molecule has 1 saturated carbocycles. The summed E-state index contributed by atoms with van der Waals surface area (Å²) in [6, 6.07) is 7.04. The highest BCUT2D eigenvalue weighted by Gasteiger charge is 2.46. The van der Waals surface area contributed by atoms with E-state index in [1.807, 2.05) is 25.1 Å². The van der Waals surface area contributed by atoms with Crippen LogP contribution in [-0.2, 0) is 20.2 Å². The number of thiazole rings is 1. The van der Waals surface area contributed by atoms with Crippen LogP contribution < -0.4 is 11.1 Å². The number of aliphatic hydroxyl groups is 1. The van der Waals surface area contributed by atoms with Gasteiger partial charge in [-0.1, -0.05) is 6.07 Å². The molecule has 0 radical (unpaired) electrons. The Hall–Kier alpha value is -2.93. The number of nitrogens with zero attached hydrogens (tertiary/aromatic N) is 3. The number of rotatable bonds is 6. The number of aryl methyl sites for hydroxylation is 1. The first kappa shape index (κ1) is 24.2. The van der Waals surface area contributed by atoms with E-state index in [9.17, 15) is 23.4 Å². The van der Waals surface area contributed by atoms with Gasteiger partial charge in [-0.2, -0.15) is 0 Å². The molecular weight excluding hydrogens is 478 g/mol. The van der Waals surface area contributed by atoms with Gasteiger partial charge in [0.05, 0.1) is 4.88 Å². The topological polar surface area (TPSA) is 168 Å². The highest BCUT2D eigenvalue weighted by Crippen LogP contribution is 2.43. The average molecular weight is 504 g/mol. The molecule has 12 heteroatoms. The van der Waals surface area contributed by atoms with Crippen molar-refractivity contribution in [3.63, 3.8) is 0 Å². The lowest BCUT2D eigenvalue weighted by Gasteiger charge is -2.38. The van der Waals surface area contributed by atoms with Gasteiger partial charge in [0.15, 0.2) is 14.9 Å². The second-order valence-electron chi connectivity index (χ2n) is 8.73. The monoisotopic (exact) mass is 503 g/mol. The van der Waals surface area contributed by atoms with Crippen LogP contribution in [0.1, 0.15) is 36.3 Å². The molecule has 0 spiro atoms. The second kappa shape index (κ2) is 8.69. The molecule has 0 unspecified atom stereocenters. The predicted molar refractivity (Wildman–Crippen MR) is 128 cm³/mol. The molecule has 4 rings (SSSR count). The number of carboxylic acid groups (broad SMARTS) is 1. The third-order valence-electron chi connectivity index (χ3n) is 5.93. The number of benzene rings is 1. The zero-order chi connectivity index (χ0) is 24.7. The molecule has 5 N–H and O–H groups in total. The SMILES string of the molecule is Cc1cc(Nc2nccc(S(C)(=O)=O)n2)cc(-c2cnc(C3(O)CCC(N)(C(=O)O)CC3)s2)c1. The molecule has 1 fully saturated rings. The van der Waals surface area contributed by atoms with Crippen molar-refractivity contribution >= 4 is 38.8 Å². The number of nitrogens with one attached hydrogen (secondary N) is 1. The summed E-state index contributed by atoms with van der Waals surface area (Å²) in [7, 11) is -3.46. The summed E-state index contributed by atoms with van der Waals surface area (Å²) in [5, 5.41) is 24.0.